The zero-order valence-electron chi connectivity index (χ0n) is 22.2. The average molecular weight is 431 g/mol. The first kappa shape index (κ1) is 25.6. The Morgan fingerprint density at radius 2 is 1.42 bits per heavy atom. The minimum Gasteiger partial charge on any atom is -0.0654 e. The molecule has 4 saturated carbocycles. The Bertz CT molecular complexity index is 474. The van der Waals surface area contributed by atoms with Gasteiger partial charge >= 0.3 is 0 Å². The highest BCUT2D eigenvalue weighted by Crippen LogP contribution is 2.57. The molecule has 0 N–H and O–H groups in total. The lowest BCUT2D eigenvalue weighted by Gasteiger charge is -2.51. The molecule has 0 radical (unpaired) electrons. The van der Waals surface area contributed by atoms with E-state index >= 15 is 0 Å². The fraction of sp³-hybridized carbons (Fsp3) is 1.00. The molecule has 4 aliphatic rings. The molecule has 4 aliphatic carbocycles. The number of hydrogen-bond acceptors (Lipinski definition) is 0. The molecule has 0 heterocycles. The van der Waals surface area contributed by atoms with Crippen molar-refractivity contribution in [3.63, 3.8) is 0 Å². The van der Waals surface area contributed by atoms with Crippen molar-refractivity contribution < 1.29 is 0 Å². The van der Waals surface area contributed by atoms with E-state index in [0.29, 0.717) is 0 Å². The summed E-state index contributed by atoms with van der Waals surface area (Å²) >= 11 is 0. The van der Waals surface area contributed by atoms with Crippen LogP contribution in [0.25, 0.3) is 0 Å². The normalized spacial score (nSPS) is 40.9. The van der Waals surface area contributed by atoms with Crippen LogP contribution in [0.1, 0.15) is 144 Å². The maximum absolute atomic E-state index is 2.63. The van der Waals surface area contributed by atoms with Gasteiger partial charge < -0.3 is 0 Å². The van der Waals surface area contributed by atoms with E-state index in [2.05, 4.69) is 34.6 Å². The number of fused-ring (bicyclic) bond motifs is 1. The molecule has 4 rings (SSSR count). The second kappa shape index (κ2) is 13.0. The highest BCUT2D eigenvalue weighted by atomic mass is 14.5. The van der Waals surface area contributed by atoms with E-state index in [1.807, 2.05) is 0 Å². The second-order valence-electron chi connectivity index (χ2n) is 12.6. The Morgan fingerprint density at radius 1 is 0.645 bits per heavy atom. The molecule has 0 saturated heterocycles. The molecule has 0 aromatic carbocycles. The summed E-state index contributed by atoms with van der Waals surface area (Å²) in [5.41, 5.74) is 0. The molecular formula is C31H58. The summed E-state index contributed by atoms with van der Waals surface area (Å²) in [6.45, 7) is 12.2. The molecule has 31 heavy (non-hydrogen) atoms. The lowest BCUT2D eigenvalue weighted by atomic mass is 9.54. The van der Waals surface area contributed by atoms with Gasteiger partial charge in [-0.1, -0.05) is 105 Å². The van der Waals surface area contributed by atoms with Crippen molar-refractivity contribution in [1.82, 2.24) is 0 Å². The fourth-order valence-electron chi connectivity index (χ4n) is 8.92. The van der Waals surface area contributed by atoms with E-state index in [1.165, 1.54) is 64.2 Å². The van der Waals surface area contributed by atoms with Crippen molar-refractivity contribution in [2.24, 2.45) is 53.3 Å². The summed E-state index contributed by atoms with van der Waals surface area (Å²) in [6.07, 6.45) is 25.7. The van der Waals surface area contributed by atoms with Gasteiger partial charge in [-0.25, -0.2) is 0 Å². The van der Waals surface area contributed by atoms with Gasteiger partial charge in [0.15, 0.2) is 0 Å². The molecule has 0 bridgehead atoms. The van der Waals surface area contributed by atoms with Crippen LogP contribution in [0.5, 0.6) is 0 Å². The maximum Gasteiger partial charge on any atom is -0.0324 e. The summed E-state index contributed by atoms with van der Waals surface area (Å²) in [6, 6.07) is 0. The maximum atomic E-state index is 2.63. The van der Waals surface area contributed by atoms with Crippen LogP contribution in [0.4, 0.5) is 0 Å². The van der Waals surface area contributed by atoms with Gasteiger partial charge in [0.05, 0.1) is 0 Å². The Balaban J connectivity index is 0.000000391. The molecule has 182 valence electrons. The third-order valence-electron chi connectivity index (χ3n) is 10.6. The van der Waals surface area contributed by atoms with Crippen molar-refractivity contribution in [3.05, 3.63) is 0 Å². The van der Waals surface area contributed by atoms with Gasteiger partial charge in [-0.05, 0) is 91.8 Å². The van der Waals surface area contributed by atoms with Crippen molar-refractivity contribution in [2.45, 2.75) is 144 Å². The number of hydrogen-bond donors (Lipinski definition) is 0. The minimum atomic E-state index is 1.00. The summed E-state index contributed by atoms with van der Waals surface area (Å²) in [4.78, 5) is 0. The number of rotatable bonds is 7. The van der Waals surface area contributed by atoms with Gasteiger partial charge in [-0.3, -0.25) is 0 Å². The summed E-state index contributed by atoms with van der Waals surface area (Å²) < 4.78 is 0. The molecule has 8 unspecified atom stereocenters. The van der Waals surface area contributed by atoms with Crippen molar-refractivity contribution in [2.75, 3.05) is 0 Å². The van der Waals surface area contributed by atoms with Crippen LogP contribution >= 0.6 is 0 Å². The summed E-state index contributed by atoms with van der Waals surface area (Å²) in [5, 5.41) is 0. The van der Waals surface area contributed by atoms with E-state index in [-0.39, 0.29) is 0 Å². The van der Waals surface area contributed by atoms with Gasteiger partial charge in [-0.15, -0.1) is 0 Å². The Labute approximate surface area is 197 Å². The van der Waals surface area contributed by atoms with Crippen LogP contribution in [-0.2, 0) is 0 Å². The van der Waals surface area contributed by atoms with Crippen LogP contribution in [-0.4, -0.2) is 0 Å². The quantitative estimate of drug-likeness (QED) is 0.376. The van der Waals surface area contributed by atoms with Gasteiger partial charge in [0, 0.05) is 0 Å². The number of unbranched alkanes of at least 4 members (excludes halogenated alkanes) is 1. The zero-order chi connectivity index (χ0) is 22.2. The molecule has 0 spiro atoms. The van der Waals surface area contributed by atoms with Crippen molar-refractivity contribution in [3.8, 4) is 0 Å². The van der Waals surface area contributed by atoms with Crippen LogP contribution in [0.3, 0.4) is 0 Å². The van der Waals surface area contributed by atoms with E-state index in [0.717, 1.165) is 53.3 Å². The summed E-state index contributed by atoms with van der Waals surface area (Å²) in [7, 11) is 0. The molecule has 0 aromatic rings. The molecule has 0 aromatic heterocycles. The van der Waals surface area contributed by atoms with E-state index in [1.54, 1.807) is 44.9 Å². The Morgan fingerprint density at radius 3 is 2.03 bits per heavy atom. The first-order valence-electron chi connectivity index (χ1n) is 15.1. The molecule has 8 atom stereocenters. The molecule has 0 aliphatic heterocycles. The highest BCUT2D eigenvalue weighted by Gasteiger charge is 2.48. The second-order valence-corrected chi connectivity index (χ2v) is 12.6. The van der Waals surface area contributed by atoms with E-state index < -0.39 is 0 Å². The zero-order valence-corrected chi connectivity index (χ0v) is 22.2. The molecule has 4 fully saturated rings. The average Bonchev–Trinajstić information content (AvgIpc) is 3.44. The molecular weight excluding hydrogens is 372 g/mol. The van der Waals surface area contributed by atoms with Gasteiger partial charge in [-0.2, -0.15) is 0 Å². The van der Waals surface area contributed by atoms with Gasteiger partial charge in [0.1, 0.15) is 0 Å². The predicted octanol–water partition coefficient (Wildman–Crippen LogP) is 10.3. The Hall–Kier alpha value is 0. The lowest BCUT2D eigenvalue weighted by Crippen LogP contribution is -2.43. The largest absolute Gasteiger partial charge is 0.0654 e. The minimum absolute atomic E-state index is 1.00. The van der Waals surface area contributed by atoms with Gasteiger partial charge in [0.25, 0.3) is 0 Å². The van der Waals surface area contributed by atoms with Crippen molar-refractivity contribution >= 4 is 0 Å². The van der Waals surface area contributed by atoms with E-state index in [9.17, 15) is 0 Å². The predicted molar refractivity (Wildman–Crippen MR) is 138 cm³/mol. The smallest absolute Gasteiger partial charge is 0.0324 e. The first-order chi connectivity index (χ1) is 15.1. The molecule has 0 heteroatoms. The first-order valence-corrected chi connectivity index (χ1v) is 15.1. The highest BCUT2D eigenvalue weighted by molar-refractivity contribution is 4.98. The summed E-state index contributed by atoms with van der Waals surface area (Å²) in [5.74, 6) is 9.60. The third kappa shape index (κ3) is 6.76. The molecule has 0 nitrogen and oxygen atoms in total. The third-order valence-corrected chi connectivity index (χ3v) is 10.6. The van der Waals surface area contributed by atoms with Crippen LogP contribution in [0, 0.1) is 53.3 Å². The van der Waals surface area contributed by atoms with Gasteiger partial charge in [0.2, 0.25) is 0 Å². The fourth-order valence-corrected chi connectivity index (χ4v) is 8.92. The van der Waals surface area contributed by atoms with Crippen LogP contribution in [0.2, 0.25) is 0 Å². The van der Waals surface area contributed by atoms with Crippen molar-refractivity contribution in [1.29, 1.82) is 0 Å². The molecule has 0 amide bonds. The monoisotopic (exact) mass is 430 g/mol. The van der Waals surface area contributed by atoms with E-state index in [4.69, 9.17) is 0 Å². The van der Waals surface area contributed by atoms with Crippen LogP contribution in [0.15, 0.2) is 0 Å². The SMILES string of the molecule is CC1CCCC1.CCCCC1C(C)CC2CCCC2C1C1CCC(CCC)C(CC)C1. The standard InChI is InChI=1S/C25H46.C6H12/c1-5-8-12-23-18(4)16-21-11-9-13-24(21)25(23)22-15-14-20(10-6-2)19(7-3)17-22;1-6-4-2-3-5-6/h18-25H,5-17H2,1-4H3;6H,2-5H2,1H3. The lowest BCUT2D eigenvalue weighted by molar-refractivity contribution is -0.0154. The van der Waals surface area contributed by atoms with Crippen LogP contribution < -0.4 is 0 Å². The Kier molecular flexibility index (Phi) is 10.8. The topological polar surface area (TPSA) is 0 Å².